The van der Waals surface area contributed by atoms with E-state index in [0.717, 1.165) is 5.69 Å². The molecule has 13 heavy (non-hydrogen) atoms. The Labute approximate surface area is 132 Å². The van der Waals surface area contributed by atoms with E-state index in [0.29, 0.717) is 4.32 Å². The Morgan fingerprint density at radius 1 is 1.38 bits per heavy atom. The number of hydrazine groups is 1. The van der Waals surface area contributed by atoms with Crippen LogP contribution in [0.5, 0.6) is 0 Å². The topological polar surface area (TPSA) is 15.3 Å². The summed E-state index contributed by atoms with van der Waals surface area (Å²) in [5.74, 6) is 0. The summed E-state index contributed by atoms with van der Waals surface area (Å²) in [6.45, 7) is 0. The summed E-state index contributed by atoms with van der Waals surface area (Å²) in [7, 11) is 1.79. The minimum atomic E-state index is 0. The molecule has 5 heteroatoms. The number of nitrogens with one attached hydrogen (secondary N) is 1. The minimum absolute atomic E-state index is 0. The average Bonchev–Trinajstić information content (AvgIpc) is 2.06. The Morgan fingerprint density at radius 3 is 2.38 bits per heavy atom. The van der Waals surface area contributed by atoms with E-state index in [9.17, 15) is 0 Å². The number of benzene rings is 1. The van der Waals surface area contributed by atoms with Gasteiger partial charge in [0.1, 0.15) is 0 Å². The number of anilines is 1. The molecule has 0 atom stereocenters. The van der Waals surface area contributed by atoms with Crippen molar-refractivity contribution in [3.05, 3.63) is 30.3 Å². The van der Waals surface area contributed by atoms with Gasteiger partial charge in [0.2, 0.25) is 0 Å². The third-order valence-corrected chi connectivity index (χ3v) is 1.89. The number of rotatable bonds is 2. The molecule has 0 aliphatic rings. The molecule has 0 saturated carbocycles. The number of para-hydroxylation sites is 1. The van der Waals surface area contributed by atoms with Gasteiger partial charge >= 0.3 is 51.4 Å². The molecule has 2 nitrogen and oxygen atoms in total. The van der Waals surface area contributed by atoms with Gasteiger partial charge in [-0.05, 0) is 16.5 Å². The molecular formula is C8H9KN2S2. The van der Waals surface area contributed by atoms with Crippen LogP contribution in [0.15, 0.2) is 30.3 Å². The van der Waals surface area contributed by atoms with Crippen LogP contribution in [-0.2, 0) is 12.6 Å². The van der Waals surface area contributed by atoms with Crippen LogP contribution in [0.1, 0.15) is 0 Å². The first kappa shape index (κ1) is 13.8. The summed E-state index contributed by atoms with van der Waals surface area (Å²) < 4.78 is 0.402. The maximum absolute atomic E-state index is 4.80. The van der Waals surface area contributed by atoms with Gasteiger partial charge in [0.25, 0.3) is 0 Å². The monoisotopic (exact) mass is 236 g/mol. The summed E-state index contributed by atoms with van der Waals surface area (Å²) in [4.78, 5) is 0. The van der Waals surface area contributed by atoms with E-state index in [2.05, 4.69) is 5.43 Å². The fourth-order valence-electron chi connectivity index (χ4n) is 0.752. The van der Waals surface area contributed by atoms with E-state index < -0.39 is 0 Å². The smallest absolute Gasteiger partial charge is 0.409 e. The predicted octanol–water partition coefficient (Wildman–Crippen LogP) is -1.22. The summed E-state index contributed by atoms with van der Waals surface area (Å²) in [6.07, 6.45) is 0. The standard InChI is InChI=1S/C8H10N2S2.K/c1-10(8(11)12)9-7-5-3-2-4-6-7;/h2-6,9H,1H3,(H,11,12);/q;+1/p-1. The first-order chi connectivity index (χ1) is 5.70. The average molecular weight is 236 g/mol. The molecule has 0 aliphatic carbocycles. The maximum Gasteiger partial charge on any atom is 1.00 e. The van der Waals surface area contributed by atoms with Crippen LogP contribution in [0.25, 0.3) is 0 Å². The number of hydrogen-bond donors (Lipinski definition) is 1. The largest absolute Gasteiger partial charge is 1.00 e. The van der Waals surface area contributed by atoms with Gasteiger partial charge in [-0.15, -0.1) is 0 Å². The van der Waals surface area contributed by atoms with E-state index in [1.54, 1.807) is 12.1 Å². The molecule has 0 saturated heterocycles. The molecule has 0 aliphatic heterocycles. The predicted molar refractivity (Wildman–Crippen MR) is 57.8 cm³/mol. The second kappa shape index (κ2) is 7.11. The maximum atomic E-state index is 4.80. The van der Waals surface area contributed by atoms with Crippen LogP contribution >= 0.6 is 12.2 Å². The number of thiocarbonyl (C=S) groups is 1. The second-order valence-electron chi connectivity index (χ2n) is 2.30. The van der Waals surface area contributed by atoms with Crippen LogP contribution in [0.2, 0.25) is 0 Å². The van der Waals surface area contributed by atoms with E-state index in [1.165, 1.54) is 0 Å². The van der Waals surface area contributed by atoms with Crippen molar-refractivity contribution in [2.45, 2.75) is 0 Å². The molecule has 0 fully saturated rings. The van der Waals surface area contributed by atoms with Crippen molar-refractivity contribution >= 4 is 34.9 Å². The Balaban J connectivity index is 0.00000144. The van der Waals surface area contributed by atoms with Crippen molar-refractivity contribution in [1.82, 2.24) is 5.01 Å². The molecule has 1 aromatic carbocycles. The number of hydrogen-bond acceptors (Lipinski definition) is 3. The van der Waals surface area contributed by atoms with Crippen LogP contribution < -0.4 is 56.8 Å². The van der Waals surface area contributed by atoms with Gasteiger partial charge in [0.15, 0.2) is 0 Å². The quantitative estimate of drug-likeness (QED) is 0.300. The molecule has 0 amide bonds. The fraction of sp³-hybridized carbons (Fsp3) is 0.125. The Hall–Kier alpha value is 0.766. The zero-order chi connectivity index (χ0) is 8.97. The van der Waals surface area contributed by atoms with Gasteiger partial charge in [-0.2, -0.15) is 0 Å². The zero-order valence-corrected chi connectivity index (χ0v) is 12.4. The third-order valence-electron chi connectivity index (χ3n) is 1.34. The summed E-state index contributed by atoms with van der Waals surface area (Å²) in [5, 5.41) is 1.62. The van der Waals surface area contributed by atoms with Gasteiger partial charge in [-0.1, -0.05) is 18.2 Å². The summed E-state index contributed by atoms with van der Waals surface area (Å²) in [5.41, 5.74) is 4.01. The van der Waals surface area contributed by atoms with Crippen molar-refractivity contribution in [1.29, 1.82) is 0 Å². The van der Waals surface area contributed by atoms with Crippen LogP contribution in [0.4, 0.5) is 5.69 Å². The Bertz CT molecular complexity index is 266. The molecular weight excluding hydrogens is 227 g/mol. The Morgan fingerprint density at radius 2 is 1.92 bits per heavy atom. The van der Waals surface area contributed by atoms with Crippen molar-refractivity contribution in [2.24, 2.45) is 0 Å². The molecule has 0 radical (unpaired) electrons. The van der Waals surface area contributed by atoms with Gasteiger partial charge in [0.05, 0.1) is 5.69 Å². The SMILES string of the molecule is CN(Nc1ccccc1)C(=S)[S-].[K+]. The number of nitrogens with zero attached hydrogens (tertiary/aromatic N) is 1. The van der Waals surface area contributed by atoms with Crippen molar-refractivity contribution in [3.63, 3.8) is 0 Å². The normalized spacial score (nSPS) is 8.38. The molecule has 1 aromatic rings. The fourth-order valence-corrected chi connectivity index (χ4v) is 0.843. The molecule has 1 N–H and O–H groups in total. The van der Waals surface area contributed by atoms with Gasteiger partial charge in [0, 0.05) is 7.05 Å². The third kappa shape index (κ3) is 5.26. The summed E-state index contributed by atoms with van der Waals surface area (Å²) >= 11 is 9.59. The minimum Gasteiger partial charge on any atom is -0.409 e. The first-order valence-electron chi connectivity index (χ1n) is 3.46. The van der Waals surface area contributed by atoms with Gasteiger partial charge < -0.3 is 35.3 Å². The molecule has 64 valence electrons. The van der Waals surface area contributed by atoms with E-state index in [4.69, 9.17) is 24.8 Å². The van der Waals surface area contributed by atoms with Crippen LogP contribution in [0, 0.1) is 0 Å². The molecule has 0 aromatic heterocycles. The van der Waals surface area contributed by atoms with E-state index in [-0.39, 0.29) is 51.4 Å². The Kier molecular flexibility index (Phi) is 7.53. The van der Waals surface area contributed by atoms with Crippen molar-refractivity contribution in [2.75, 3.05) is 12.5 Å². The zero-order valence-electron chi connectivity index (χ0n) is 7.65. The first-order valence-corrected chi connectivity index (χ1v) is 4.28. The molecule has 1 rings (SSSR count). The van der Waals surface area contributed by atoms with Crippen molar-refractivity contribution < 1.29 is 51.4 Å². The van der Waals surface area contributed by atoms with E-state index >= 15 is 0 Å². The molecule has 0 unspecified atom stereocenters. The van der Waals surface area contributed by atoms with Crippen molar-refractivity contribution in [3.8, 4) is 0 Å². The van der Waals surface area contributed by atoms with Crippen LogP contribution in [0.3, 0.4) is 0 Å². The van der Waals surface area contributed by atoms with Gasteiger partial charge in [-0.25, -0.2) is 0 Å². The molecule has 0 spiro atoms. The second-order valence-corrected chi connectivity index (χ2v) is 3.33. The summed E-state index contributed by atoms with van der Waals surface area (Å²) in [6, 6.07) is 9.75. The molecule has 0 bridgehead atoms. The van der Waals surface area contributed by atoms with Gasteiger partial charge in [-0.3, -0.25) is 0 Å². The molecule has 0 heterocycles. The van der Waals surface area contributed by atoms with E-state index in [1.807, 2.05) is 30.3 Å². The van der Waals surface area contributed by atoms with Crippen LogP contribution in [-0.4, -0.2) is 16.4 Å².